The van der Waals surface area contributed by atoms with Gasteiger partial charge in [0.15, 0.2) is 6.21 Å². The summed E-state index contributed by atoms with van der Waals surface area (Å²) in [5.41, 5.74) is 1.31. The number of aromatic nitrogens is 1. The van der Waals surface area contributed by atoms with Crippen LogP contribution in [0, 0.1) is 5.21 Å². The van der Waals surface area contributed by atoms with E-state index in [0.717, 1.165) is 16.7 Å². The number of nitrogens with one attached hydrogen (secondary N) is 1. The molecule has 0 aliphatic rings. The van der Waals surface area contributed by atoms with Crippen molar-refractivity contribution in [3.05, 3.63) is 40.2 Å². The lowest BCUT2D eigenvalue weighted by atomic mass is 10.1. The molecule has 4 nitrogen and oxygen atoms in total. The zero-order chi connectivity index (χ0) is 11.5. The average molecular weight is 237 g/mol. The van der Waals surface area contributed by atoms with Crippen molar-refractivity contribution >= 4 is 28.7 Å². The van der Waals surface area contributed by atoms with Crippen LogP contribution in [0.25, 0.3) is 10.9 Å². The topological polar surface area (TPSA) is 59.2 Å². The van der Waals surface area contributed by atoms with Gasteiger partial charge in [0.2, 0.25) is 0 Å². The average Bonchev–Trinajstić information content (AvgIpc) is 2.30. The van der Waals surface area contributed by atoms with Crippen molar-refractivity contribution in [3.8, 4) is 5.75 Å². The molecule has 0 unspecified atom stereocenters. The standard InChI is InChI=1S/C11H9ClN2O2/c1-16-9-2-3-10-7(5-9)4-8(6-13-15)11(12)14-10/h2-6,13H,1H3. The van der Waals surface area contributed by atoms with Gasteiger partial charge in [-0.2, -0.15) is 0 Å². The third kappa shape index (κ3) is 1.92. The van der Waals surface area contributed by atoms with E-state index in [0.29, 0.717) is 10.7 Å². The summed E-state index contributed by atoms with van der Waals surface area (Å²) in [5.74, 6) is 0.734. The van der Waals surface area contributed by atoms with E-state index < -0.39 is 0 Å². The van der Waals surface area contributed by atoms with Crippen LogP contribution in [0.5, 0.6) is 5.75 Å². The summed E-state index contributed by atoms with van der Waals surface area (Å²) in [7, 11) is 1.59. The highest BCUT2D eigenvalue weighted by Gasteiger charge is 2.05. The predicted octanol–water partition coefficient (Wildman–Crippen LogP) is 0.894. The highest BCUT2D eigenvalue weighted by molar-refractivity contribution is 6.32. The number of nitrogens with zero attached hydrogens (tertiary/aromatic N) is 1. The molecule has 82 valence electrons. The molecule has 0 bridgehead atoms. The van der Waals surface area contributed by atoms with Gasteiger partial charge in [0.05, 0.1) is 18.2 Å². The molecule has 0 spiro atoms. The fourth-order valence-corrected chi connectivity index (χ4v) is 1.64. The summed E-state index contributed by atoms with van der Waals surface area (Å²) >= 11 is 5.90. The van der Waals surface area contributed by atoms with Crippen LogP contribution in [0.3, 0.4) is 0 Å². The van der Waals surface area contributed by atoms with Crippen LogP contribution >= 0.6 is 11.6 Å². The van der Waals surface area contributed by atoms with Crippen LogP contribution in [0.4, 0.5) is 0 Å². The van der Waals surface area contributed by atoms with Gasteiger partial charge < -0.3 is 9.94 Å². The number of ether oxygens (including phenoxy) is 1. The zero-order valence-corrected chi connectivity index (χ0v) is 9.28. The summed E-state index contributed by atoms with van der Waals surface area (Å²) in [4.78, 5) is 4.17. The van der Waals surface area contributed by atoms with Crippen molar-refractivity contribution in [1.29, 1.82) is 0 Å². The first-order valence-electron chi connectivity index (χ1n) is 4.60. The Kier molecular flexibility index (Phi) is 2.92. The molecule has 16 heavy (non-hydrogen) atoms. The number of hydrogen-bond donors (Lipinski definition) is 1. The molecule has 0 fully saturated rings. The third-order valence-electron chi connectivity index (χ3n) is 2.22. The minimum absolute atomic E-state index is 0.293. The fraction of sp³-hybridized carbons (Fsp3) is 0.0909. The largest absolute Gasteiger partial charge is 0.625 e. The first kappa shape index (κ1) is 10.7. The van der Waals surface area contributed by atoms with Crippen molar-refractivity contribution in [3.63, 3.8) is 0 Å². The Morgan fingerprint density at radius 2 is 2.25 bits per heavy atom. The minimum atomic E-state index is 0.293. The van der Waals surface area contributed by atoms with E-state index in [1.807, 2.05) is 12.1 Å². The smallest absolute Gasteiger partial charge is 0.183 e. The van der Waals surface area contributed by atoms with Gasteiger partial charge in [-0.15, -0.1) is 0 Å². The second kappa shape index (κ2) is 4.37. The number of pyridine rings is 1. The number of methoxy groups -OCH3 is 1. The Balaban J connectivity index is 2.65. The molecular formula is C11H9ClN2O2. The highest BCUT2D eigenvalue weighted by atomic mass is 35.5. The summed E-state index contributed by atoms with van der Waals surface area (Å²) < 4.78 is 5.10. The van der Waals surface area contributed by atoms with Gasteiger partial charge in [0.1, 0.15) is 10.9 Å². The Bertz CT molecular complexity index is 555. The maximum absolute atomic E-state index is 10.3. The molecule has 1 heterocycles. The first-order chi connectivity index (χ1) is 7.74. The van der Waals surface area contributed by atoms with Crippen molar-refractivity contribution in [2.24, 2.45) is 0 Å². The second-order valence-electron chi connectivity index (χ2n) is 3.19. The van der Waals surface area contributed by atoms with Crippen molar-refractivity contribution < 1.29 is 9.89 Å². The molecule has 5 heteroatoms. The molecular weight excluding hydrogens is 228 g/mol. The van der Waals surface area contributed by atoms with Crippen LogP contribution in [0.1, 0.15) is 5.56 Å². The van der Waals surface area contributed by atoms with Gasteiger partial charge in [-0.25, -0.2) is 10.1 Å². The van der Waals surface area contributed by atoms with Crippen molar-refractivity contribution in [2.75, 3.05) is 7.11 Å². The quantitative estimate of drug-likeness (QED) is 0.365. The Morgan fingerprint density at radius 3 is 2.94 bits per heavy atom. The van der Waals surface area contributed by atoms with E-state index in [9.17, 15) is 5.21 Å². The van der Waals surface area contributed by atoms with Gasteiger partial charge >= 0.3 is 0 Å². The van der Waals surface area contributed by atoms with E-state index in [1.54, 1.807) is 24.4 Å². The Morgan fingerprint density at radius 1 is 1.44 bits per heavy atom. The summed E-state index contributed by atoms with van der Waals surface area (Å²) in [5, 5.41) is 13.1. The van der Waals surface area contributed by atoms with E-state index in [1.165, 1.54) is 6.21 Å². The van der Waals surface area contributed by atoms with Crippen LogP contribution in [0.15, 0.2) is 24.3 Å². The Hall–Kier alpha value is -1.81. The normalized spacial score (nSPS) is 11.1. The number of rotatable bonds is 2. The monoisotopic (exact) mass is 236 g/mol. The lowest BCUT2D eigenvalue weighted by Crippen LogP contribution is -2.60. The SMILES string of the molecule is COc1ccc2nc(Cl)c(C=[NH+][O-])cc2c1. The molecule has 0 aliphatic heterocycles. The first-order valence-corrected chi connectivity index (χ1v) is 4.97. The van der Waals surface area contributed by atoms with Crippen LogP contribution < -0.4 is 9.89 Å². The molecule has 0 atom stereocenters. The van der Waals surface area contributed by atoms with E-state index >= 15 is 0 Å². The van der Waals surface area contributed by atoms with E-state index in [-0.39, 0.29) is 0 Å². The van der Waals surface area contributed by atoms with Crippen molar-refractivity contribution in [1.82, 2.24) is 4.98 Å². The molecule has 2 aromatic rings. The maximum atomic E-state index is 10.3. The van der Waals surface area contributed by atoms with Gasteiger partial charge in [-0.1, -0.05) is 11.6 Å². The number of fused-ring (bicyclic) bond motifs is 1. The zero-order valence-electron chi connectivity index (χ0n) is 8.53. The molecule has 0 aliphatic carbocycles. The van der Waals surface area contributed by atoms with Gasteiger partial charge in [-0.3, -0.25) is 0 Å². The molecule has 1 N–H and O–H groups in total. The molecule has 0 saturated heterocycles. The molecule has 0 radical (unpaired) electrons. The fourth-order valence-electron chi connectivity index (χ4n) is 1.44. The van der Waals surface area contributed by atoms with Gasteiger partial charge in [0, 0.05) is 5.39 Å². The molecule has 1 aromatic carbocycles. The van der Waals surface area contributed by atoms with Gasteiger partial charge in [0.25, 0.3) is 0 Å². The third-order valence-corrected chi connectivity index (χ3v) is 2.52. The molecule has 1 aromatic heterocycles. The summed E-state index contributed by atoms with van der Waals surface area (Å²) in [6.07, 6.45) is 1.26. The van der Waals surface area contributed by atoms with Crippen LogP contribution in [-0.2, 0) is 0 Å². The van der Waals surface area contributed by atoms with Crippen molar-refractivity contribution in [2.45, 2.75) is 0 Å². The Labute approximate surface area is 97.1 Å². The minimum Gasteiger partial charge on any atom is -0.625 e. The highest BCUT2D eigenvalue weighted by Crippen LogP contribution is 2.23. The molecule has 2 rings (SSSR count). The predicted molar refractivity (Wildman–Crippen MR) is 62.8 cm³/mol. The van der Waals surface area contributed by atoms with Crippen LogP contribution in [0.2, 0.25) is 5.15 Å². The number of benzene rings is 1. The molecule has 0 saturated carbocycles. The number of hydrogen-bond acceptors (Lipinski definition) is 3. The van der Waals surface area contributed by atoms with E-state index in [4.69, 9.17) is 16.3 Å². The summed E-state index contributed by atoms with van der Waals surface area (Å²) in [6, 6.07) is 7.23. The van der Waals surface area contributed by atoms with E-state index in [2.05, 4.69) is 4.98 Å². The van der Waals surface area contributed by atoms with Crippen LogP contribution in [-0.4, -0.2) is 18.3 Å². The summed E-state index contributed by atoms with van der Waals surface area (Å²) in [6.45, 7) is 0. The second-order valence-corrected chi connectivity index (χ2v) is 3.55. The maximum Gasteiger partial charge on any atom is 0.183 e. The lowest BCUT2D eigenvalue weighted by molar-refractivity contribution is -0.366. The molecule has 0 amide bonds. The lowest BCUT2D eigenvalue weighted by Gasteiger charge is -2.03. The number of halogens is 1. The van der Waals surface area contributed by atoms with Gasteiger partial charge in [-0.05, 0) is 24.3 Å².